The highest BCUT2D eigenvalue weighted by atomic mass is 35.5. The first-order valence-corrected chi connectivity index (χ1v) is 7.68. The van der Waals surface area contributed by atoms with E-state index in [2.05, 4.69) is 43.3 Å². The van der Waals surface area contributed by atoms with Gasteiger partial charge in [-0.1, -0.05) is 49.4 Å². The Kier molecular flexibility index (Phi) is 3.98. The Morgan fingerprint density at radius 2 is 1.90 bits per heavy atom. The van der Waals surface area contributed by atoms with Gasteiger partial charge < -0.3 is 4.74 Å². The van der Waals surface area contributed by atoms with Crippen molar-refractivity contribution < 1.29 is 4.74 Å². The zero-order chi connectivity index (χ0) is 13.9. The topological polar surface area (TPSA) is 9.23 Å². The van der Waals surface area contributed by atoms with E-state index in [0.717, 1.165) is 25.2 Å². The number of para-hydroxylation sites is 1. The molecule has 2 aromatic carbocycles. The SMILES string of the molecule is CCc1ccc(C(Cl)C2CCOc3ccccc32)cc1. The summed E-state index contributed by atoms with van der Waals surface area (Å²) in [5.41, 5.74) is 3.79. The average molecular weight is 287 g/mol. The summed E-state index contributed by atoms with van der Waals surface area (Å²) >= 11 is 6.75. The van der Waals surface area contributed by atoms with Crippen LogP contribution >= 0.6 is 11.6 Å². The second-order valence-electron chi connectivity index (χ2n) is 5.28. The molecular weight excluding hydrogens is 268 g/mol. The largest absolute Gasteiger partial charge is 0.493 e. The van der Waals surface area contributed by atoms with E-state index in [0.29, 0.717) is 5.92 Å². The predicted molar refractivity (Wildman–Crippen MR) is 83.7 cm³/mol. The van der Waals surface area contributed by atoms with Crippen molar-refractivity contribution >= 4 is 11.6 Å². The first-order chi connectivity index (χ1) is 9.79. The van der Waals surface area contributed by atoms with E-state index in [9.17, 15) is 0 Å². The summed E-state index contributed by atoms with van der Waals surface area (Å²) < 4.78 is 5.72. The monoisotopic (exact) mass is 286 g/mol. The molecule has 2 unspecified atom stereocenters. The minimum Gasteiger partial charge on any atom is -0.493 e. The Morgan fingerprint density at radius 3 is 2.65 bits per heavy atom. The molecule has 1 heterocycles. The molecule has 0 N–H and O–H groups in total. The van der Waals surface area contributed by atoms with E-state index in [1.54, 1.807) is 0 Å². The number of benzene rings is 2. The highest BCUT2D eigenvalue weighted by molar-refractivity contribution is 6.21. The van der Waals surface area contributed by atoms with Gasteiger partial charge in [0.05, 0.1) is 12.0 Å². The number of rotatable bonds is 3. The number of halogens is 1. The van der Waals surface area contributed by atoms with Gasteiger partial charge >= 0.3 is 0 Å². The van der Waals surface area contributed by atoms with Crippen LogP contribution < -0.4 is 4.74 Å². The molecule has 20 heavy (non-hydrogen) atoms. The van der Waals surface area contributed by atoms with Crippen LogP contribution in [-0.2, 0) is 6.42 Å². The molecule has 0 aromatic heterocycles. The molecule has 0 fully saturated rings. The van der Waals surface area contributed by atoms with Gasteiger partial charge in [0, 0.05) is 5.92 Å². The van der Waals surface area contributed by atoms with Crippen LogP contribution in [0.25, 0.3) is 0 Å². The Labute approximate surface area is 125 Å². The predicted octanol–water partition coefficient (Wildman–Crippen LogP) is 5.10. The maximum Gasteiger partial charge on any atom is 0.122 e. The van der Waals surface area contributed by atoms with E-state index in [1.807, 2.05) is 12.1 Å². The van der Waals surface area contributed by atoms with Crippen LogP contribution in [0.1, 0.15) is 41.3 Å². The lowest BCUT2D eigenvalue weighted by molar-refractivity contribution is 0.265. The molecule has 0 saturated heterocycles. The molecule has 2 heteroatoms. The summed E-state index contributed by atoms with van der Waals surface area (Å²) in [6, 6.07) is 16.9. The Bertz CT molecular complexity index is 576. The van der Waals surface area contributed by atoms with Crippen LogP contribution in [0.2, 0.25) is 0 Å². The lowest BCUT2D eigenvalue weighted by Crippen LogP contribution is -2.17. The number of fused-ring (bicyclic) bond motifs is 1. The third kappa shape index (κ3) is 2.55. The highest BCUT2D eigenvalue weighted by Crippen LogP contribution is 2.44. The molecule has 1 aliphatic heterocycles. The second kappa shape index (κ2) is 5.88. The van der Waals surface area contributed by atoms with Crippen LogP contribution in [0.15, 0.2) is 48.5 Å². The molecule has 0 saturated carbocycles. The lowest BCUT2D eigenvalue weighted by Gasteiger charge is -2.29. The molecule has 2 aromatic rings. The molecule has 0 aliphatic carbocycles. The summed E-state index contributed by atoms with van der Waals surface area (Å²) in [4.78, 5) is 0. The molecular formula is C18H19ClO. The third-order valence-corrected chi connectivity index (χ3v) is 4.62. The van der Waals surface area contributed by atoms with Crippen molar-refractivity contribution in [3.05, 3.63) is 65.2 Å². The van der Waals surface area contributed by atoms with Gasteiger partial charge in [-0.05, 0) is 35.6 Å². The number of ether oxygens (including phenoxy) is 1. The molecule has 2 atom stereocenters. The van der Waals surface area contributed by atoms with Crippen molar-refractivity contribution in [2.24, 2.45) is 0 Å². The van der Waals surface area contributed by atoms with Crippen LogP contribution in [0, 0.1) is 0 Å². The van der Waals surface area contributed by atoms with Gasteiger partial charge in [-0.3, -0.25) is 0 Å². The summed E-state index contributed by atoms with van der Waals surface area (Å²) in [5.74, 6) is 1.31. The molecule has 0 bridgehead atoms. The van der Waals surface area contributed by atoms with Crippen LogP contribution in [0.5, 0.6) is 5.75 Å². The summed E-state index contributed by atoms with van der Waals surface area (Å²) in [5, 5.41) is 0.00551. The van der Waals surface area contributed by atoms with Gasteiger partial charge in [-0.15, -0.1) is 11.6 Å². The standard InChI is InChI=1S/C18H19ClO/c1-2-13-7-9-14(10-8-13)18(19)16-11-12-20-17-6-4-3-5-15(16)17/h3-10,16,18H,2,11-12H2,1H3. The quantitative estimate of drug-likeness (QED) is 0.714. The lowest BCUT2D eigenvalue weighted by atomic mass is 9.87. The smallest absolute Gasteiger partial charge is 0.122 e. The second-order valence-corrected chi connectivity index (χ2v) is 5.75. The normalized spacial score (nSPS) is 19.0. The van der Waals surface area contributed by atoms with Crippen molar-refractivity contribution in [1.82, 2.24) is 0 Å². The van der Waals surface area contributed by atoms with Gasteiger partial charge in [-0.2, -0.15) is 0 Å². The fourth-order valence-electron chi connectivity index (χ4n) is 2.84. The van der Waals surface area contributed by atoms with Crippen molar-refractivity contribution in [3.63, 3.8) is 0 Å². The first-order valence-electron chi connectivity index (χ1n) is 7.24. The molecule has 3 rings (SSSR count). The molecule has 0 spiro atoms. The van der Waals surface area contributed by atoms with Gasteiger partial charge in [0.25, 0.3) is 0 Å². The third-order valence-electron chi connectivity index (χ3n) is 4.06. The van der Waals surface area contributed by atoms with Crippen LogP contribution in [0.3, 0.4) is 0 Å². The molecule has 0 radical (unpaired) electrons. The Morgan fingerprint density at radius 1 is 1.15 bits per heavy atom. The van der Waals surface area contributed by atoms with Crippen LogP contribution in [-0.4, -0.2) is 6.61 Å². The zero-order valence-electron chi connectivity index (χ0n) is 11.7. The maximum atomic E-state index is 6.75. The van der Waals surface area contributed by atoms with Crippen molar-refractivity contribution in [2.45, 2.75) is 31.1 Å². The average Bonchev–Trinajstić information content (AvgIpc) is 2.54. The fourth-order valence-corrected chi connectivity index (χ4v) is 3.25. The zero-order valence-corrected chi connectivity index (χ0v) is 12.4. The Balaban J connectivity index is 1.89. The van der Waals surface area contributed by atoms with Crippen molar-refractivity contribution in [2.75, 3.05) is 6.61 Å². The van der Waals surface area contributed by atoms with Crippen molar-refractivity contribution in [3.8, 4) is 5.75 Å². The number of hydrogen-bond donors (Lipinski definition) is 0. The summed E-state index contributed by atoms with van der Waals surface area (Å²) in [6.07, 6.45) is 2.04. The summed E-state index contributed by atoms with van der Waals surface area (Å²) in [7, 11) is 0. The van der Waals surface area contributed by atoms with Crippen LogP contribution in [0.4, 0.5) is 0 Å². The minimum atomic E-state index is 0.00551. The van der Waals surface area contributed by atoms with E-state index >= 15 is 0 Å². The minimum absolute atomic E-state index is 0.00551. The number of aryl methyl sites for hydroxylation is 1. The van der Waals surface area contributed by atoms with Gasteiger partial charge in [0.2, 0.25) is 0 Å². The molecule has 104 valence electrons. The van der Waals surface area contributed by atoms with E-state index < -0.39 is 0 Å². The van der Waals surface area contributed by atoms with E-state index in [4.69, 9.17) is 16.3 Å². The molecule has 1 aliphatic rings. The van der Waals surface area contributed by atoms with E-state index in [1.165, 1.54) is 16.7 Å². The summed E-state index contributed by atoms with van der Waals surface area (Å²) in [6.45, 7) is 2.92. The van der Waals surface area contributed by atoms with E-state index in [-0.39, 0.29) is 5.38 Å². The van der Waals surface area contributed by atoms with Gasteiger partial charge in [-0.25, -0.2) is 0 Å². The molecule has 1 nitrogen and oxygen atoms in total. The fraction of sp³-hybridized carbons (Fsp3) is 0.333. The van der Waals surface area contributed by atoms with Crippen molar-refractivity contribution in [1.29, 1.82) is 0 Å². The first kappa shape index (κ1) is 13.5. The number of alkyl halides is 1. The maximum absolute atomic E-state index is 6.75. The van der Waals surface area contributed by atoms with Gasteiger partial charge in [0.15, 0.2) is 0 Å². The highest BCUT2D eigenvalue weighted by Gasteiger charge is 2.28. The number of hydrogen-bond acceptors (Lipinski definition) is 1. The Hall–Kier alpha value is -1.47. The molecule has 0 amide bonds. The van der Waals surface area contributed by atoms with Gasteiger partial charge in [0.1, 0.15) is 5.75 Å².